The minimum atomic E-state index is -0.712. The van der Waals surface area contributed by atoms with E-state index in [0.29, 0.717) is 12.2 Å². The van der Waals surface area contributed by atoms with E-state index in [1.807, 2.05) is 12.2 Å². The number of methoxy groups -OCH3 is 2. The molecule has 3 nitrogen and oxygen atoms in total. The second-order valence-corrected chi connectivity index (χ2v) is 6.66. The Hall–Kier alpha value is -1.71. The number of hydrogen-bond acceptors (Lipinski definition) is 3. The molecule has 1 aromatic rings. The lowest BCUT2D eigenvalue weighted by Gasteiger charge is -2.31. The monoisotopic (exact) mass is 296 g/mol. The van der Waals surface area contributed by atoms with Gasteiger partial charge in [-0.15, -0.1) is 0 Å². The first kappa shape index (κ1) is 13.9. The van der Waals surface area contributed by atoms with E-state index in [2.05, 4.69) is 24.3 Å². The van der Waals surface area contributed by atoms with E-state index < -0.39 is 5.79 Å². The predicted molar refractivity (Wildman–Crippen MR) is 83.4 cm³/mol. The number of ether oxygens (including phenoxy) is 2. The van der Waals surface area contributed by atoms with Gasteiger partial charge in [-0.05, 0) is 36.5 Å². The molecule has 0 fully saturated rings. The lowest BCUT2D eigenvalue weighted by molar-refractivity contribution is -0.169. The summed E-state index contributed by atoms with van der Waals surface area (Å²) in [6.07, 6.45) is 6.98. The van der Waals surface area contributed by atoms with Gasteiger partial charge in [0.15, 0.2) is 11.6 Å². The zero-order valence-corrected chi connectivity index (χ0v) is 13.0. The highest BCUT2D eigenvalue weighted by molar-refractivity contribution is 6.06. The number of fused-ring (bicyclic) bond motifs is 1. The summed E-state index contributed by atoms with van der Waals surface area (Å²) in [5, 5.41) is 0. The Labute approximate surface area is 130 Å². The van der Waals surface area contributed by atoms with Crippen LogP contribution in [-0.2, 0) is 27.1 Å². The van der Waals surface area contributed by atoms with Crippen LogP contribution in [0.25, 0.3) is 0 Å². The summed E-state index contributed by atoms with van der Waals surface area (Å²) in [4.78, 5) is 13.0. The molecule has 0 N–H and O–H groups in total. The maximum absolute atomic E-state index is 13.0. The Morgan fingerprint density at radius 3 is 2.18 bits per heavy atom. The zero-order valence-electron chi connectivity index (χ0n) is 13.0. The van der Waals surface area contributed by atoms with Gasteiger partial charge in [-0.2, -0.15) is 0 Å². The van der Waals surface area contributed by atoms with Crippen molar-refractivity contribution in [3.05, 3.63) is 58.7 Å². The van der Waals surface area contributed by atoms with Crippen molar-refractivity contribution in [3.63, 3.8) is 0 Å². The first-order valence-electron chi connectivity index (χ1n) is 7.75. The van der Waals surface area contributed by atoms with Gasteiger partial charge in [0.05, 0.1) is 0 Å². The fraction of sp³-hybridized carbons (Fsp3) is 0.421. The van der Waals surface area contributed by atoms with E-state index in [1.54, 1.807) is 14.2 Å². The molecule has 0 radical (unpaired) electrons. The quantitative estimate of drug-likeness (QED) is 0.787. The van der Waals surface area contributed by atoms with Crippen LogP contribution in [0.3, 0.4) is 0 Å². The van der Waals surface area contributed by atoms with Crippen molar-refractivity contribution in [3.8, 4) is 0 Å². The lowest BCUT2D eigenvalue weighted by atomic mass is 9.79. The molecule has 3 aliphatic rings. The SMILES string of the molecule is COC1(OC)C=CC2=C(C1)CC1(Cc3ccccc3C1)C2=O. The van der Waals surface area contributed by atoms with Crippen molar-refractivity contribution in [1.29, 1.82) is 0 Å². The van der Waals surface area contributed by atoms with Crippen LogP contribution >= 0.6 is 0 Å². The smallest absolute Gasteiger partial charge is 0.191 e. The molecule has 3 aliphatic carbocycles. The Morgan fingerprint density at radius 1 is 0.955 bits per heavy atom. The average Bonchev–Trinajstić information content (AvgIpc) is 3.04. The van der Waals surface area contributed by atoms with Crippen LogP contribution in [0.15, 0.2) is 47.6 Å². The third kappa shape index (κ3) is 1.79. The summed E-state index contributed by atoms with van der Waals surface area (Å²) >= 11 is 0. The van der Waals surface area contributed by atoms with Crippen LogP contribution in [0, 0.1) is 5.41 Å². The van der Waals surface area contributed by atoms with Gasteiger partial charge in [-0.3, -0.25) is 4.79 Å². The highest BCUT2D eigenvalue weighted by atomic mass is 16.7. The molecule has 0 unspecified atom stereocenters. The van der Waals surface area contributed by atoms with Crippen molar-refractivity contribution >= 4 is 5.78 Å². The molecule has 0 aromatic heterocycles. The van der Waals surface area contributed by atoms with E-state index in [0.717, 1.165) is 24.8 Å². The topological polar surface area (TPSA) is 35.5 Å². The second kappa shape index (κ2) is 4.64. The van der Waals surface area contributed by atoms with Gasteiger partial charge in [0.25, 0.3) is 0 Å². The molecule has 1 spiro atoms. The van der Waals surface area contributed by atoms with Gasteiger partial charge < -0.3 is 9.47 Å². The largest absolute Gasteiger partial charge is 0.349 e. The van der Waals surface area contributed by atoms with Crippen LogP contribution in [0.1, 0.15) is 24.0 Å². The van der Waals surface area contributed by atoms with Gasteiger partial charge in [0.2, 0.25) is 0 Å². The van der Waals surface area contributed by atoms with E-state index in [9.17, 15) is 4.79 Å². The van der Waals surface area contributed by atoms with Crippen LogP contribution in [0.4, 0.5) is 0 Å². The van der Waals surface area contributed by atoms with Crippen molar-refractivity contribution < 1.29 is 14.3 Å². The number of rotatable bonds is 2. The molecule has 0 saturated carbocycles. The Morgan fingerprint density at radius 2 is 1.59 bits per heavy atom. The highest BCUT2D eigenvalue weighted by Gasteiger charge is 2.51. The molecule has 4 rings (SSSR count). The van der Waals surface area contributed by atoms with Gasteiger partial charge in [-0.25, -0.2) is 0 Å². The summed E-state index contributed by atoms with van der Waals surface area (Å²) in [5.74, 6) is -0.411. The van der Waals surface area contributed by atoms with Crippen molar-refractivity contribution in [2.24, 2.45) is 5.41 Å². The lowest BCUT2D eigenvalue weighted by Crippen LogP contribution is -2.33. The maximum atomic E-state index is 13.0. The molecule has 114 valence electrons. The molecule has 22 heavy (non-hydrogen) atoms. The second-order valence-electron chi connectivity index (χ2n) is 6.66. The number of carbonyl (C=O) groups is 1. The Balaban J connectivity index is 1.66. The van der Waals surface area contributed by atoms with Crippen LogP contribution in [0.2, 0.25) is 0 Å². The van der Waals surface area contributed by atoms with Gasteiger partial charge in [-0.1, -0.05) is 35.9 Å². The number of ketones is 1. The van der Waals surface area contributed by atoms with Crippen LogP contribution < -0.4 is 0 Å². The number of Topliss-reactive ketones (excluding diaryl/α,β-unsaturated/α-hetero) is 1. The Bertz CT molecular complexity index is 682. The van der Waals surface area contributed by atoms with Crippen molar-refractivity contribution in [2.75, 3.05) is 14.2 Å². The molecule has 0 saturated heterocycles. The molecule has 1 aromatic carbocycles. The van der Waals surface area contributed by atoms with E-state index >= 15 is 0 Å². The normalized spacial score (nSPS) is 24.0. The van der Waals surface area contributed by atoms with E-state index in [4.69, 9.17) is 9.47 Å². The molecule has 3 heteroatoms. The number of hydrogen-bond donors (Lipinski definition) is 0. The summed E-state index contributed by atoms with van der Waals surface area (Å²) in [6, 6.07) is 8.43. The summed E-state index contributed by atoms with van der Waals surface area (Å²) in [7, 11) is 3.30. The number of allylic oxidation sites excluding steroid dienone is 2. The first-order valence-corrected chi connectivity index (χ1v) is 7.75. The van der Waals surface area contributed by atoms with Gasteiger partial charge >= 0.3 is 0 Å². The van der Waals surface area contributed by atoms with Crippen LogP contribution in [0.5, 0.6) is 0 Å². The summed E-state index contributed by atoms with van der Waals surface area (Å²) < 4.78 is 11.1. The zero-order chi connectivity index (χ0) is 15.4. The third-order valence-electron chi connectivity index (χ3n) is 5.49. The van der Waals surface area contributed by atoms with Crippen LogP contribution in [-0.4, -0.2) is 25.8 Å². The van der Waals surface area contributed by atoms with Crippen molar-refractivity contribution in [1.82, 2.24) is 0 Å². The predicted octanol–water partition coefficient (Wildman–Crippen LogP) is 2.99. The van der Waals surface area contributed by atoms with Gasteiger partial charge in [0.1, 0.15) is 0 Å². The number of carbonyl (C=O) groups excluding carboxylic acids is 1. The summed E-state index contributed by atoms with van der Waals surface area (Å²) in [6.45, 7) is 0. The maximum Gasteiger partial charge on any atom is 0.191 e. The average molecular weight is 296 g/mol. The molecule has 0 heterocycles. The number of benzene rings is 1. The fourth-order valence-corrected chi connectivity index (χ4v) is 4.29. The molecular weight excluding hydrogens is 276 g/mol. The molecule has 0 amide bonds. The third-order valence-corrected chi connectivity index (χ3v) is 5.49. The highest BCUT2D eigenvalue weighted by Crippen LogP contribution is 2.52. The van der Waals surface area contributed by atoms with Crippen molar-refractivity contribution in [2.45, 2.75) is 31.5 Å². The summed E-state index contributed by atoms with van der Waals surface area (Å²) in [5.41, 5.74) is 4.45. The first-order chi connectivity index (χ1) is 10.6. The fourth-order valence-electron chi connectivity index (χ4n) is 4.29. The molecule has 0 bridgehead atoms. The Kier molecular flexibility index (Phi) is 2.94. The molecule has 0 aliphatic heterocycles. The minimum absolute atomic E-state index is 0.268. The molecular formula is C19H20O3. The van der Waals surface area contributed by atoms with E-state index in [-0.39, 0.29) is 5.41 Å². The standard InChI is InChI=1S/C19H20O3/c1-21-19(22-2)8-7-16-15(12-19)11-18(17(16)20)9-13-5-3-4-6-14(13)10-18/h3-8H,9-12H2,1-2H3. The molecule has 0 atom stereocenters. The van der Waals surface area contributed by atoms with E-state index in [1.165, 1.54) is 16.7 Å². The minimum Gasteiger partial charge on any atom is -0.349 e. The van der Waals surface area contributed by atoms with Gasteiger partial charge in [0, 0.05) is 31.6 Å².